The molecule has 0 aliphatic carbocycles. The van der Waals surface area contributed by atoms with Crippen LogP contribution in [0.1, 0.15) is 0 Å². The van der Waals surface area contributed by atoms with Crippen LogP contribution in [0, 0.1) is 0 Å². The summed E-state index contributed by atoms with van der Waals surface area (Å²) >= 11 is 0. The number of rotatable bonds is 7. The maximum atomic E-state index is 5.69. The third-order valence-electron chi connectivity index (χ3n) is 2.70. The first-order valence-corrected chi connectivity index (χ1v) is 6.10. The number of hydrogen-bond acceptors (Lipinski definition) is 5. The van der Waals surface area contributed by atoms with E-state index in [0.717, 1.165) is 17.8 Å². The predicted octanol–water partition coefficient (Wildman–Crippen LogP) is 1.19. The number of nitrogen functional groups attached to an aromatic ring is 1. The van der Waals surface area contributed by atoms with Crippen LogP contribution in [-0.2, 0) is 16.0 Å². The van der Waals surface area contributed by atoms with Crippen molar-refractivity contribution in [3.63, 3.8) is 0 Å². The molecule has 0 aromatic carbocycles. The van der Waals surface area contributed by atoms with Crippen molar-refractivity contribution in [2.45, 2.75) is 6.54 Å². The number of imidazole rings is 1. The highest BCUT2D eigenvalue weighted by Gasteiger charge is 2.05. The van der Waals surface area contributed by atoms with Crippen LogP contribution in [0.4, 0.5) is 5.82 Å². The van der Waals surface area contributed by atoms with Crippen molar-refractivity contribution in [1.29, 1.82) is 0 Å². The topological polar surface area (TPSA) is 75.2 Å². The van der Waals surface area contributed by atoms with Gasteiger partial charge in [-0.15, -0.1) is 0 Å². The van der Waals surface area contributed by atoms with Gasteiger partial charge in [0.1, 0.15) is 5.82 Å². The first-order chi connectivity index (χ1) is 9.31. The molecule has 0 spiro atoms. The van der Waals surface area contributed by atoms with Gasteiger partial charge in [-0.1, -0.05) is 0 Å². The van der Waals surface area contributed by atoms with E-state index in [0.29, 0.717) is 25.6 Å². The number of ether oxygens (including phenoxy) is 2. The molecule has 6 heteroatoms. The summed E-state index contributed by atoms with van der Waals surface area (Å²) in [6, 6.07) is 3.74. The van der Waals surface area contributed by atoms with Crippen LogP contribution < -0.4 is 5.73 Å². The zero-order valence-corrected chi connectivity index (χ0v) is 11.0. The Hall–Kier alpha value is -1.92. The van der Waals surface area contributed by atoms with Gasteiger partial charge in [0.25, 0.3) is 0 Å². The van der Waals surface area contributed by atoms with E-state index in [9.17, 15) is 0 Å². The summed E-state index contributed by atoms with van der Waals surface area (Å²) < 4.78 is 12.4. The van der Waals surface area contributed by atoms with Crippen molar-refractivity contribution in [2.75, 3.05) is 32.7 Å². The minimum Gasteiger partial charge on any atom is -0.384 e. The Morgan fingerprint density at radius 2 is 2.21 bits per heavy atom. The van der Waals surface area contributed by atoms with Gasteiger partial charge < -0.3 is 19.8 Å². The van der Waals surface area contributed by atoms with Gasteiger partial charge in [0.05, 0.1) is 38.0 Å². The molecule has 2 aromatic rings. The minimum absolute atomic E-state index is 0.501. The summed E-state index contributed by atoms with van der Waals surface area (Å²) in [4.78, 5) is 8.15. The second-order valence-electron chi connectivity index (χ2n) is 4.05. The van der Waals surface area contributed by atoms with Crippen LogP contribution in [0.25, 0.3) is 11.3 Å². The van der Waals surface area contributed by atoms with Crippen molar-refractivity contribution in [3.05, 3.63) is 30.9 Å². The fourth-order valence-corrected chi connectivity index (χ4v) is 1.75. The quantitative estimate of drug-likeness (QED) is 0.759. The van der Waals surface area contributed by atoms with Gasteiger partial charge in [-0.2, -0.15) is 0 Å². The highest BCUT2D eigenvalue weighted by molar-refractivity contribution is 5.61. The highest BCUT2D eigenvalue weighted by Crippen LogP contribution is 2.19. The molecule has 0 saturated carbocycles. The largest absolute Gasteiger partial charge is 0.384 e. The summed E-state index contributed by atoms with van der Waals surface area (Å²) in [6.45, 7) is 2.56. The van der Waals surface area contributed by atoms with Crippen molar-refractivity contribution in [1.82, 2.24) is 14.5 Å². The Bertz CT molecular complexity index is 513. The van der Waals surface area contributed by atoms with Gasteiger partial charge in [0.2, 0.25) is 0 Å². The van der Waals surface area contributed by atoms with E-state index in [1.807, 2.05) is 22.9 Å². The lowest BCUT2D eigenvalue weighted by Gasteiger charge is -2.09. The zero-order chi connectivity index (χ0) is 13.5. The number of hydrogen-bond donors (Lipinski definition) is 1. The lowest BCUT2D eigenvalue weighted by atomic mass is 10.2. The first kappa shape index (κ1) is 13.5. The standard InChI is InChI=1S/C13H18N4O2/c1-18-6-7-19-5-4-17-10-15-9-12(17)11-2-3-16-13(14)8-11/h2-3,8-10H,4-7H2,1H3,(H2,14,16). The molecular formula is C13H18N4O2. The van der Waals surface area contributed by atoms with Crippen LogP contribution in [-0.4, -0.2) is 41.5 Å². The molecule has 102 valence electrons. The summed E-state index contributed by atoms with van der Waals surface area (Å²) in [5.41, 5.74) is 7.70. The second-order valence-corrected chi connectivity index (χ2v) is 4.05. The van der Waals surface area contributed by atoms with Gasteiger partial charge in [0.15, 0.2) is 0 Å². The monoisotopic (exact) mass is 262 g/mol. The molecule has 6 nitrogen and oxygen atoms in total. The summed E-state index contributed by atoms with van der Waals surface area (Å²) in [5.74, 6) is 0.501. The van der Waals surface area contributed by atoms with E-state index in [4.69, 9.17) is 15.2 Å². The lowest BCUT2D eigenvalue weighted by molar-refractivity contribution is 0.0667. The lowest BCUT2D eigenvalue weighted by Crippen LogP contribution is -2.09. The van der Waals surface area contributed by atoms with E-state index in [2.05, 4.69) is 9.97 Å². The molecule has 0 unspecified atom stereocenters. The van der Waals surface area contributed by atoms with E-state index < -0.39 is 0 Å². The fraction of sp³-hybridized carbons (Fsp3) is 0.385. The molecule has 0 aliphatic rings. The van der Waals surface area contributed by atoms with Crippen molar-refractivity contribution >= 4 is 5.82 Å². The fourth-order valence-electron chi connectivity index (χ4n) is 1.75. The van der Waals surface area contributed by atoms with E-state index in [1.165, 1.54) is 0 Å². The number of anilines is 1. The second kappa shape index (κ2) is 6.86. The Balaban J connectivity index is 1.98. The molecule has 2 heterocycles. The molecule has 2 N–H and O–H groups in total. The highest BCUT2D eigenvalue weighted by atomic mass is 16.5. The van der Waals surface area contributed by atoms with Crippen molar-refractivity contribution in [3.8, 4) is 11.3 Å². The number of nitrogens with zero attached hydrogens (tertiary/aromatic N) is 3. The Kier molecular flexibility index (Phi) is 4.88. The SMILES string of the molecule is COCCOCCn1cncc1-c1ccnc(N)c1. The minimum atomic E-state index is 0.501. The third kappa shape index (κ3) is 3.77. The Morgan fingerprint density at radius 1 is 1.32 bits per heavy atom. The van der Waals surface area contributed by atoms with E-state index in [-0.39, 0.29) is 0 Å². The molecular weight excluding hydrogens is 244 g/mol. The molecule has 2 aromatic heterocycles. The van der Waals surface area contributed by atoms with Gasteiger partial charge in [0, 0.05) is 25.4 Å². The smallest absolute Gasteiger partial charge is 0.123 e. The Labute approximate surface area is 112 Å². The van der Waals surface area contributed by atoms with Crippen molar-refractivity contribution < 1.29 is 9.47 Å². The maximum Gasteiger partial charge on any atom is 0.123 e. The van der Waals surface area contributed by atoms with Crippen LogP contribution in [0.2, 0.25) is 0 Å². The van der Waals surface area contributed by atoms with Crippen LogP contribution >= 0.6 is 0 Å². The van der Waals surface area contributed by atoms with Gasteiger partial charge >= 0.3 is 0 Å². The zero-order valence-electron chi connectivity index (χ0n) is 11.0. The van der Waals surface area contributed by atoms with E-state index in [1.54, 1.807) is 19.6 Å². The molecule has 0 saturated heterocycles. The van der Waals surface area contributed by atoms with E-state index >= 15 is 0 Å². The Morgan fingerprint density at radius 3 is 3.00 bits per heavy atom. The normalized spacial score (nSPS) is 10.8. The van der Waals surface area contributed by atoms with Gasteiger partial charge in [-0.3, -0.25) is 0 Å². The maximum absolute atomic E-state index is 5.69. The average Bonchev–Trinajstić information content (AvgIpc) is 2.87. The number of aromatic nitrogens is 3. The van der Waals surface area contributed by atoms with Gasteiger partial charge in [-0.05, 0) is 12.1 Å². The number of pyridine rings is 1. The summed E-state index contributed by atoms with van der Waals surface area (Å²) in [7, 11) is 1.66. The van der Waals surface area contributed by atoms with Crippen LogP contribution in [0.15, 0.2) is 30.9 Å². The number of nitrogens with two attached hydrogens (primary N) is 1. The van der Waals surface area contributed by atoms with Crippen LogP contribution in [0.5, 0.6) is 0 Å². The third-order valence-corrected chi connectivity index (χ3v) is 2.70. The van der Waals surface area contributed by atoms with Crippen LogP contribution in [0.3, 0.4) is 0 Å². The molecule has 0 atom stereocenters. The number of methoxy groups -OCH3 is 1. The molecule has 0 radical (unpaired) electrons. The first-order valence-electron chi connectivity index (χ1n) is 6.10. The molecule has 2 rings (SSSR count). The molecule has 0 bridgehead atoms. The predicted molar refractivity (Wildman–Crippen MR) is 72.6 cm³/mol. The molecule has 0 aliphatic heterocycles. The summed E-state index contributed by atoms with van der Waals surface area (Å²) in [6.07, 6.45) is 5.28. The molecule has 0 fully saturated rings. The van der Waals surface area contributed by atoms with Crippen molar-refractivity contribution in [2.24, 2.45) is 0 Å². The van der Waals surface area contributed by atoms with Gasteiger partial charge in [-0.25, -0.2) is 9.97 Å². The molecule has 19 heavy (non-hydrogen) atoms. The molecule has 0 amide bonds. The summed E-state index contributed by atoms with van der Waals surface area (Å²) in [5, 5.41) is 0. The average molecular weight is 262 g/mol.